The monoisotopic (exact) mass is 804 g/mol. The Hall–Kier alpha value is -7.01. The molecule has 0 aliphatic rings. The molecular formula is C54H29I. The van der Waals surface area contributed by atoms with E-state index in [2.05, 4.69) is 210 Å². The molecule has 0 atom stereocenters. The van der Waals surface area contributed by atoms with Crippen molar-refractivity contribution < 1.29 is 0 Å². The van der Waals surface area contributed by atoms with Crippen LogP contribution in [0.15, 0.2) is 164 Å². The lowest BCUT2D eigenvalue weighted by molar-refractivity contribution is 1.55. The number of hydrogen-bond acceptors (Lipinski definition) is 0. The van der Waals surface area contributed by atoms with Crippen molar-refractivity contribution in [1.29, 1.82) is 0 Å². The minimum Gasteiger partial charge on any atom is -0.115 e. The molecule has 0 radical (unpaired) electrons. The molecule has 0 bridgehead atoms. The Kier molecular flexibility index (Phi) is 8.87. The zero-order chi connectivity index (χ0) is 37.3. The molecule has 1 heteroatoms. The van der Waals surface area contributed by atoms with Crippen LogP contribution in [0.1, 0.15) is 33.4 Å². The third-order valence-corrected chi connectivity index (χ3v) is 10.7. The predicted octanol–water partition coefficient (Wildman–Crippen LogP) is 13.0. The van der Waals surface area contributed by atoms with E-state index in [1.165, 1.54) is 0 Å². The van der Waals surface area contributed by atoms with Gasteiger partial charge in [0.25, 0.3) is 0 Å². The summed E-state index contributed by atoms with van der Waals surface area (Å²) in [6.45, 7) is 0. The van der Waals surface area contributed by atoms with Gasteiger partial charge in [0.2, 0.25) is 0 Å². The maximum absolute atomic E-state index is 6.14. The fraction of sp³-hybridized carbons (Fsp3) is 0. The Bertz CT molecular complexity index is 3030. The molecule has 9 rings (SSSR count). The second kappa shape index (κ2) is 14.4. The highest BCUT2D eigenvalue weighted by Gasteiger charge is 2.17. The van der Waals surface area contributed by atoms with Crippen molar-refractivity contribution in [2.75, 3.05) is 0 Å². The highest BCUT2D eigenvalue weighted by Crippen LogP contribution is 2.40. The summed E-state index contributed by atoms with van der Waals surface area (Å²) in [5, 5.41) is 8.98. The van der Waals surface area contributed by atoms with Crippen molar-refractivity contribution >= 4 is 65.7 Å². The molecule has 0 nitrogen and oxygen atoms in total. The Morgan fingerprint density at radius 3 is 0.982 bits per heavy atom. The van der Waals surface area contributed by atoms with Crippen LogP contribution in [0, 0.1) is 51.9 Å². The van der Waals surface area contributed by atoms with E-state index in [9.17, 15) is 0 Å². The minimum atomic E-state index is 0.843. The Balaban J connectivity index is 1.19. The summed E-state index contributed by atoms with van der Waals surface area (Å²) in [5.74, 6) is 20.0. The van der Waals surface area contributed by atoms with Gasteiger partial charge in [-0.2, -0.15) is 0 Å². The second-order valence-corrected chi connectivity index (χ2v) is 14.6. The van der Waals surface area contributed by atoms with Gasteiger partial charge < -0.3 is 0 Å². The maximum atomic E-state index is 6.14. The SMILES string of the molecule is C#Cc1ccc2ccccc2c1-c1c(C#Cc2cc(I)cc(C#Cc3ccc4ccccc4c3-c3c(C#C)ccc4ccccc34)c2)ccc2ccccc12. The van der Waals surface area contributed by atoms with Gasteiger partial charge in [-0.05, 0) is 108 Å². The fourth-order valence-corrected chi connectivity index (χ4v) is 8.30. The largest absolute Gasteiger partial charge is 0.115 e. The molecule has 252 valence electrons. The number of benzene rings is 9. The number of rotatable bonds is 2. The number of fused-ring (bicyclic) bond motifs is 4. The van der Waals surface area contributed by atoms with Gasteiger partial charge in [-0.15, -0.1) is 12.8 Å². The lowest BCUT2D eigenvalue weighted by Gasteiger charge is -2.15. The lowest BCUT2D eigenvalue weighted by atomic mass is 9.87. The van der Waals surface area contributed by atoms with Crippen LogP contribution in [-0.4, -0.2) is 0 Å². The van der Waals surface area contributed by atoms with Crippen LogP contribution in [0.5, 0.6) is 0 Å². The second-order valence-electron chi connectivity index (χ2n) is 13.4. The van der Waals surface area contributed by atoms with Crippen LogP contribution in [0.2, 0.25) is 0 Å². The molecular weight excluding hydrogens is 775 g/mol. The van der Waals surface area contributed by atoms with Gasteiger partial charge in [-0.1, -0.05) is 157 Å². The number of hydrogen-bond donors (Lipinski definition) is 0. The molecule has 9 aromatic rings. The molecule has 0 aliphatic heterocycles. The Labute approximate surface area is 335 Å². The van der Waals surface area contributed by atoms with E-state index in [0.717, 1.165) is 102 Å². The molecule has 9 aromatic carbocycles. The molecule has 0 aromatic heterocycles. The first kappa shape index (κ1) is 33.8. The molecule has 0 fully saturated rings. The maximum Gasteiger partial charge on any atom is 0.0334 e. The van der Waals surface area contributed by atoms with Gasteiger partial charge in [-0.3, -0.25) is 0 Å². The van der Waals surface area contributed by atoms with Gasteiger partial charge in [0.05, 0.1) is 0 Å². The molecule has 55 heavy (non-hydrogen) atoms. The van der Waals surface area contributed by atoms with Crippen LogP contribution in [-0.2, 0) is 0 Å². The molecule has 0 spiro atoms. The van der Waals surface area contributed by atoms with Crippen molar-refractivity contribution in [3.05, 3.63) is 201 Å². The van der Waals surface area contributed by atoms with Crippen LogP contribution in [0.4, 0.5) is 0 Å². The highest BCUT2D eigenvalue weighted by atomic mass is 127. The van der Waals surface area contributed by atoms with Crippen LogP contribution >= 0.6 is 22.6 Å². The summed E-state index contributed by atoms with van der Waals surface area (Å²) in [7, 11) is 0. The first-order valence-electron chi connectivity index (χ1n) is 18.0. The van der Waals surface area contributed by atoms with Gasteiger partial charge >= 0.3 is 0 Å². The van der Waals surface area contributed by atoms with Gasteiger partial charge in [0.15, 0.2) is 0 Å². The topological polar surface area (TPSA) is 0 Å². The van der Waals surface area contributed by atoms with Crippen molar-refractivity contribution in [2.45, 2.75) is 0 Å². The summed E-state index contributed by atoms with van der Waals surface area (Å²) in [6, 6.07) is 56.7. The van der Waals surface area contributed by atoms with Crippen LogP contribution in [0.25, 0.3) is 65.3 Å². The van der Waals surface area contributed by atoms with E-state index >= 15 is 0 Å². The van der Waals surface area contributed by atoms with Gasteiger partial charge in [0, 0.05) is 59.2 Å². The van der Waals surface area contributed by atoms with Crippen molar-refractivity contribution in [2.24, 2.45) is 0 Å². The lowest BCUT2D eigenvalue weighted by Crippen LogP contribution is -1.93. The third kappa shape index (κ3) is 6.29. The van der Waals surface area contributed by atoms with Crippen LogP contribution < -0.4 is 0 Å². The fourth-order valence-electron chi connectivity index (χ4n) is 7.63. The highest BCUT2D eigenvalue weighted by molar-refractivity contribution is 14.1. The smallest absolute Gasteiger partial charge is 0.0334 e. The van der Waals surface area contributed by atoms with Crippen molar-refractivity contribution in [3.63, 3.8) is 0 Å². The Morgan fingerprint density at radius 1 is 0.327 bits per heavy atom. The van der Waals surface area contributed by atoms with E-state index in [1.54, 1.807) is 0 Å². The first-order chi connectivity index (χ1) is 27.1. The zero-order valence-electron chi connectivity index (χ0n) is 29.6. The van der Waals surface area contributed by atoms with Crippen LogP contribution in [0.3, 0.4) is 0 Å². The average Bonchev–Trinajstić information content (AvgIpc) is 3.23. The van der Waals surface area contributed by atoms with E-state index in [0.29, 0.717) is 0 Å². The molecule has 0 unspecified atom stereocenters. The normalized spacial score (nSPS) is 10.7. The number of terminal acetylenes is 2. The number of halogens is 1. The van der Waals surface area contributed by atoms with Crippen molar-refractivity contribution in [1.82, 2.24) is 0 Å². The standard InChI is InChI=1S/C54H29I/c1-3-38-25-27-40-13-5-9-17-47(40)51(38)53-44(31-29-42-15-7-11-19-49(42)53)23-21-36-33-37(35-46(55)34-36)22-24-45-32-30-43-16-8-12-20-50(43)54(45)52-39(4-2)26-28-41-14-6-10-18-48(41)52/h1-2,5-20,25-35H. The average molecular weight is 805 g/mol. The van der Waals surface area contributed by atoms with E-state index in [1.807, 2.05) is 12.1 Å². The van der Waals surface area contributed by atoms with E-state index in [4.69, 9.17) is 12.8 Å². The summed E-state index contributed by atoms with van der Waals surface area (Å²) in [6.07, 6.45) is 12.3. The molecule has 0 N–H and O–H groups in total. The zero-order valence-corrected chi connectivity index (χ0v) is 31.8. The van der Waals surface area contributed by atoms with E-state index in [-0.39, 0.29) is 0 Å². The summed E-state index contributed by atoms with van der Waals surface area (Å²) < 4.78 is 1.05. The first-order valence-corrected chi connectivity index (χ1v) is 19.0. The molecule has 0 amide bonds. The summed E-state index contributed by atoms with van der Waals surface area (Å²) >= 11 is 2.35. The third-order valence-electron chi connectivity index (χ3n) is 10.1. The molecule has 0 saturated heterocycles. The quantitative estimate of drug-likeness (QED) is 0.121. The summed E-state index contributed by atoms with van der Waals surface area (Å²) in [5.41, 5.74) is 9.43. The minimum absolute atomic E-state index is 0.843. The predicted molar refractivity (Wildman–Crippen MR) is 241 cm³/mol. The molecule has 0 aliphatic carbocycles. The van der Waals surface area contributed by atoms with Gasteiger partial charge in [-0.25, -0.2) is 0 Å². The van der Waals surface area contributed by atoms with E-state index < -0.39 is 0 Å². The molecule has 0 heterocycles. The molecule has 0 saturated carbocycles. The van der Waals surface area contributed by atoms with Crippen molar-refractivity contribution in [3.8, 4) is 70.6 Å². The Morgan fingerprint density at radius 2 is 0.636 bits per heavy atom. The van der Waals surface area contributed by atoms with Gasteiger partial charge in [0.1, 0.15) is 0 Å². The summed E-state index contributed by atoms with van der Waals surface area (Å²) in [4.78, 5) is 0.